The van der Waals surface area contributed by atoms with E-state index < -0.39 is 0 Å². The number of benzene rings is 2. The fraction of sp³-hybridized carbons (Fsp3) is 0.0476. The summed E-state index contributed by atoms with van der Waals surface area (Å²) in [6.07, 6.45) is 1.89. The summed E-state index contributed by atoms with van der Waals surface area (Å²) in [5.41, 5.74) is 3.31. The van der Waals surface area contributed by atoms with Gasteiger partial charge in [0, 0.05) is 11.3 Å². The van der Waals surface area contributed by atoms with Crippen molar-refractivity contribution in [2.45, 2.75) is 6.92 Å². The number of aromatic nitrogens is 1. The standard InChI is InChI=1S/C21H18N2O/c1-16-9-8-14-20(22-16)23-21(24)19(18-12-6-3-7-13-18)15-17-10-4-2-5-11-17/h2-15H,1H3,(H,22,23,24)/b19-15-. The molecule has 3 heteroatoms. The second kappa shape index (κ2) is 7.38. The maximum Gasteiger partial charge on any atom is 0.257 e. The predicted molar refractivity (Wildman–Crippen MR) is 98.4 cm³/mol. The Hall–Kier alpha value is -3.20. The molecule has 1 aromatic heterocycles. The lowest BCUT2D eigenvalue weighted by Crippen LogP contribution is -2.14. The monoisotopic (exact) mass is 314 g/mol. The Morgan fingerprint density at radius 2 is 1.54 bits per heavy atom. The van der Waals surface area contributed by atoms with Crippen molar-refractivity contribution in [3.8, 4) is 0 Å². The van der Waals surface area contributed by atoms with Crippen molar-refractivity contribution in [2.75, 3.05) is 5.32 Å². The van der Waals surface area contributed by atoms with E-state index in [4.69, 9.17) is 0 Å². The molecule has 0 atom stereocenters. The Labute approximate surface area is 141 Å². The molecule has 0 aliphatic carbocycles. The number of aryl methyl sites for hydroxylation is 1. The van der Waals surface area contributed by atoms with E-state index in [1.807, 2.05) is 85.8 Å². The molecular weight excluding hydrogens is 296 g/mol. The highest BCUT2D eigenvalue weighted by molar-refractivity contribution is 6.29. The lowest BCUT2D eigenvalue weighted by molar-refractivity contribution is -0.111. The van der Waals surface area contributed by atoms with Gasteiger partial charge in [0.05, 0.1) is 0 Å². The summed E-state index contributed by atoms with van der Waals surface area (Å²) in [5.74, 6) is 0.373. The Morgan fingerprint density at radius 1 is 0.875 bits per heavy atom. The smallest absolute Gasteiger partial charge is 0.257 e. The van der Waals surface area contributed by atoms with E-state index in [9.17, 15) is 4.79 Å². The summed E-state index contributed by atoms with van der Waals surface area (Å²) in [6.45, 7) is 1.90. The number of amides is 1. The molecule has 1 heterocycles. The van der Waals surface area contributed by atoms with Gasteiger partial charge in [-0.15, -0.1) is 0 Å². The van der Waals surface area contributed by atoms with Crippen LogP contribution in [0.15, 0.2) is 78.9 Å². The Morgan fingerprint density at radius 3 is 2.21 bits per heavy atom. The van der Waals surface area contributed by atoms with Gasteiger partial charge in [0.1, 0.15) is 5.82 Å². The van der Waals surface area contributed by atoms with E-state index in [2.05, 4.69) is 10.3 Å². The number of carbonyl (C=O) groups is 1. The minimum Gasteiger partial charge on any atom is -0.307 e. The van der Waals surface area contributed by atoms with Crippen LogP contribution in [0.1, 0.15) is 16.8 Å². The largest absolute Gasteiger partial charge is 0.307 e. The van der Waals surface area contributed by atoms with E-state index in [-0.39, 0.29) is 5.91 Å². The van der Waals surface area contributed by atoms with Crippen LogP contribution in [0.25, 0.3) is 11.6 Å². The Kier molecular flexibility index (Phi) is 4.82. The summed E-state index contributed by atoms with van der Waals surface area (Å²) in [6, 6.07) is 25.0. The van der Waals surface area contributed by atoms with Crippen LogP contribution in [0.4, 0.5) is 5.82 Å². The summed E-state index contributed by atoms with van der Waals surface area (Å²) < 4.78 is 0. The Bertz CT molecular complexity index is 855. The molecule has 3 rings (SSSR count). The van der Waals surface area contributed by atoms with Crippen molar-refractivity contribution in [3.63, 3.8) is 0 Å². The summed E-state index contributed by atoms with van der Waals surface area (Å²) in [5, 5.41) is 2.88. The number of nitrogens with one attached hydrogen (secondary N) is 1. The highest BCUT2D eigenvalue weighted by Crippen LogP contribution is 2.20. The van der Waals surface area contributed by atoms with Gasteiger partial charge in [-0.1, -0.05) is 66.7 Å². The molecule has 3 nitrogen and oxygen atoms in total. The lowest BCUT2D eigenvalue weighted by atomic mass is 10.0. The van der Waals surface area contributed by atoms with Gasteiger partial charge in [-0.25, -0.2) is 4.98 Å². The third-order valence-electron chi connectivity index (χ3n) is 3.57. The van der Waals surface area contributed by atoms with Crippen LogP contribution >= 0.6 is 0 Å². The van der Waals surface area contributed by atoms with Crippen LogP contribution < -0.4 is 5.32 Å². The number of anilines is 1. The zero-order valence-corrected chi connectivity index (χ0v) is 13.4. The molecule has 0 spiro atoms. The predicted octanol–water partition coefficient (Wildman–Crippen LogP) is 4.57. The number of nitrogens with zero attached hydrogens (tertiary/aromatic N) is 1. The highest BCUT2D eigenvalue weighted by atomic mass is 16.1. The van der Waals surface area contributed by atoms with Gasteiger partial charge in [0.15, 0.2) is 0 Å². The molecule has 24 heavy (non-hydrogen) atoms. The molecule has 0 aliphatic heterocycles. The topological polar surface area (TPSA) is 42.0 Å². The molecular formula is C21H18N2O. The SMILES string of the molecule is Cc1cccc(NC(=O)/C(=C\c2ccccc2)c2ccccc2)n1. The van der Waals surface area contributed by atoms with Gasteiger partial charge in [-0.05, 0) is 36.3 Å². The fourth-order valence-electron chi connectivity index (χ4n) is 2.41. The summed E-state index contributed by atoms with van der Waals surface area (Å²) in [7, 11) is 0. The Balaban J connectivity index is 1.95. The molecule has 1 amide bonds. The van der Waals surface area contributed by atoms with Crippen LogP contribution in [0.5, 0.6) is 0 Å². The van der Waals surface area contributed by atoms with Crippen molar-refractivity contribution in [2.24, 2.45) is 0 Å². The second-order valence-corrected chi connectivity index (χ2v) is 5.45. The molecule has 0 saturated carbocycles. The molecule has 3 aromatic rings. The maximum atomic E-state index is 12.8. The van der Waals surface area contributed by atoms with Crippen LogP contribution in [0.2, 0.25) is 0 Å². The van der Waals surface area contributed by atoms with Crippen LogP contribution in [-0.2, 0) is 4.79 Å². The number of rotatable bonds is 4. The van der Waals surface area contributed by atoms with Crippen molar-refractivity contribution in [3.05, 3.63) is 95.7 Å². The second-order valence-electron chi connectivity index (χ2n) is 5.45. The average molecular weight is 314 g/mol. The van der Waals surface area contributed by atoms with Crippen LogP contribution in [0, 0.1) is 6.92 Å². The number of pyridine rings is 1. The summed E-state index contributed by atoms with van der Waals surface area (Å²) >= 11 is 0. The third kappa shape index (κ3) is 3.96. The molecule has 0 radical (unpaired) electrons. The van der Waals surface area contributed by atoms with Gasteiger partial charge in [0.25, 0.3) is 5.91 Å². The minimum absolute atomic E-state index is 0.178. The van der Waals surface area contributed by atoms with E-state index in [0.29, 0.717) is 11.4 Å². The molecule has 0 saturated heterocycles. The molecule has 118 valence electrons. The minimum atomic E-state index is -0.178. The first-order valence-electron chi connectivity index (χ1n) is 7.79. The molecule has 0 unspecified atom stereocenters. The van der Waals surface area contributed by atoms with Crippen LogP contribution in [0.3, 0.4) is 0 Å². The van der Waals surface area contributed by atoms with Gasteiger partial charge in [-0.3, -0.25) is 4.79 Å². The molecule has 2 aromatic carbocycles. The van der Waals surface area contributed by atoms with Crippen molar-refractivity contribution >= 4 is 23.4 Å². The lowest BCUT2D eigenvalue weighted by Gasteiger charge is -2.10. The molecule has 1 N–H and O–H groups in total. The average Bonchev–Trinajstić information content (AvgIpc) is 2.61. The first kappa shape index (κ1) is 15.7. The van der Waals surface area contributed by atoms with Gasteiger partial charge in [-0.2, -0.15) is 0 Å². The van der Waals surface area contributed by atoms with Gasteiger partial charge < -0.3 is 5.32 Å². The number of hydrogen-bond donors (Lipinski definition) is 1. The molecule has 0 bridgehead atoms. The summed E-state index contributed by atoms with van der Waals surface area (Å²) in [4.78, 5) is 17.1. The zero-order valence-electron chi connectivity index (χ0n) is 13.4. The van der Waals surface area contributed by atoms with Crippen molar-refractivity contribution in [1.82, 2.24) is 4.98 Å². The van der Waals surface area contributed by atoms with Crippen molar-refractivity contribution in [1.29, 1.82) is 0 Å². The third-order valence-corrected chi connectivity index (χ3v) is 3.57. The van der Waals surface area contributed by atoms with E-state index in [1.165, 1.54) is 0 Å². The fourth-order valence-corrected chi connectivity index (χ4v) is 2.41. The maximum absolute atomic E-state index is 12.8. The normalized spacial score (nSPS) is 11.1. The van der Waals surface area contributed by atoms with E-state index in [1.54, 1.807) is 6.07 Å². The van der Waals surface area contributed by atoms with Gasteiger partial charge >= 0.3 is 0 Å². The quantitative estimate of drug-likeness (QED) is 0.566. The van der Waals surface area contributed by atoms with Crippen LogP contribution in [-0.4, -0.2) is 10.9 Å². The first-order valence-corrected chi connectivity index (χ1v) is 7.79. The first-order chi connectivity index (χ1) is 11.7. The number of carbonyl (C=O) groups excluding carboxylic acids is 1. The number of hydrogen-bond acceptors (Lipinski definition) is 2. The highest BCUT2D eigenvalue weighted by Gasteiger charge is 2.13. The molecule has 0 fully saturated rings. The van der Waals surface area contributed by atoms with Crippen molar-refractivity contribution < 1.29 is 4.79 Å². The zero-order chi connectivity index (χ0) is 16.8. The van der Waals surface area contributed by atoms with E-state index >= 15 is 0 Å². The van der Waals surface area contributed by atoms with Gasteiger partial charge in [0.2, 0.25) is 0 Å². The van der Waals surface area contributed by atoms with E-state index in [0.717, 1.165) is 16.8 Å². The molecule has 0 aliphatic rings.